The summed E-state index contributed by atoms with van der Waals surface area (Å²) in [5.74, 6) is 1.13. The number of carbonyl (C=O) groups is 1. The predicted octanol–water partition coefficient (Wildman–Crippen LogP) is 4.32. The molecule has 3 rings (SSSR count). The van der Waals surface area contributed by atoms with Gasteiger partial charge in [-0.1, -0.05) is 24.3 Å². The Morgan fingerprint density at radius 3 is 2.57 bits per heavy atom. The minimum Gasteiger partial charge on any atom is -0.493 e. The lowest BCUT2D eigenvalue weighted by molar-refractivity contribution is 0.0931. The van der Waals surface area contributed by atoms with E-state index in [0.29, 0.717) is 17.9 Å². The number of ether oxygens (including phenoxy) is 1. The van der Waals surface area contributed by atoms with Gasteiger partial charge in [0.1, 0.15) is 11.5 Å². The number of fused-ring (bicyclic) bond motifs is 1. The highest BCUT2D eigenvalue weighted by molar-refractivity contribution is 6.01. The second-order valence-electron chi connectivity index (χ2n) is 5.34. The number of hydrogen-bond acceptors (Lipinski definition) is 3. The monoisotopic (exact) mass is 309 g/mol. The van der Waals surface area contributed by atoms with Gasteiger partial charge in [0.25, 0.3) is 5.91 Å². The van der Waals surface area contributed by atoms with Crippen molar-refractivity contribution in [2.75, 3.05) is 6.61 Å². The molecule has 4 heteroatoms. The zero-order valence-electron chi connectivity index (χ0n) is 13.2. The molecule has 0 aliphatic heterocycles. The third-order valence-electron chi connectivity index (χ3n) is 3.71. The molecule has 0 saturated heterocycles. The highest BCUT2D eigenvalue weighted by atomic mass is 16.5. The van der Waals surface area contributed by atoms with Crippen LogP contribution in [0.1, 0.15) is 36.0 Å². The molecule has 0 saturated carbocycles. The standard InChI is InChI=1S/C19H19NO3/c1-3-22-18-12-15-8-5-4-7-14(15)11-16(18)19(21)20-13(2)17-9-6-10-23-17/h4-13H,3H2,1-2H3,(H,20,21). The van der Waals surface area contributed by atoms with Crippen molar-refractivity contribution in [1.82, 2.24) is 5.32 Å². The lowest BCUT2D eigenvalue weighted by Gasteiger charge is -2.15. The molecule has 0 radical (unpaired) electrons. The molecule has 1 heterocycles. The molecule has 118 valence electrons. The summed E-state index contributed by atoms with van der Waals surface area (Å²) < 4.78 is 11.0. The molecule has 1 amide bonds. The van der Waals surface area contributed by atoms with Crippen LogP contribution in [0.4, 0.5) is 0 Å². The van der Waals surface area contributed by atoms with Gasteiger partial charge >= 0.3 is 0 Å². The van der Waals surface area contributed by atoms with Crippen molar-refractivity contribution in [2.45, 2.75) is 19.9 Å². The smallest absolute Gasteiger partial charge is 0.255 e. The maximum absolute atomic E-state index is 12.7. The summed E-state index contributed by atoms with van der Waals surface area (Å²) in [4.78, 5) is 12.7. The first-order valence-electron chi connectivity index (χ1n) is 7.69. The summed E-state index contributed by atoms with van der Waals surface area (Å²) in [5, 5.41) is 5.00. The maximum Gasteiger partial charge on any atom is 0.255 e. The molecule has 23 heavy (non-hydrogen) atoms. The Kier molecular flexibility index (Phi) is 4.33. The summed E-state index contributed by atoms with van der Waals surface area (Å²) >= 11 is 0. The van der Waals surface area contributed by atoms with E-state index in [-0.39, 0.29) is 11.9 Å². The normalized spacial score (nSPS) is 12.1. The Balaban J connectivity index is 1.93. The van der Waals surface area contributed by atoms with Gasteiger partial charge in [-0.2, -0.15) is 0 Å². The molecule has 1 unspecified atom stereocenters. The van der Waals surface area contributed by atoms with E-state index in [1.165, 1.54) is 0 Å². The number of nitrogens with one attached hydrogen (secondary N) is 1. The molecule has 0 fully saturated rings. The van der Waals surface area contributed by atoms with Gasteiger partial charge < -0.3 is 14.5 Å². The first kappa shape index (κ1) is 15.2. The number of carbonyl (C=O) groups excluding carboxylic acids is 1. The van der Waals surface area contributed by atoms with Crippen molar-refractivity contribution < 1.29 is 13.9 Å². The topological polar surface area (TPSA) is 51.5 Å². The van der Waals surface area contributed by atoms with Gasteiger partial charge in [-0.3, -0.25) is 4.79 Å². The fourth-order valence-electron chi connectivity index (χ4n) is 2.55. The van der Waals surface area contributed by atoms with Crippen LogP contribution in [0.3, 0.4) is 0 Å². The fourth-order valence-corrected chi connectivity index (χ4v) is 2.55. The third-order valence-corrected chi connectivity index (χ3v) is 3.71. The van der Waals surface area contributed by atoms with Crippen LogP contribution in [-0.4, -0.2) is 12.5 Å². The average Bonchev–Trinajstić information content (AvgIpc) is 3.09. The zero-order chi connectivity index (χ0) is 16.2. The van der Waals surface area contributed by atoms with Crippen molar-refractivity contribution in [2.24, 2.45) is 0 Å². The van der Waals surface area contributed by atoms with E-state index in [9.17, 15) is 4.79 Å². The van der Waals surface area contributed by atoms with E-state index in [1.54, 1.807) is 12.3 Å². The largest absolute Gasteiger partial charge is 0.493 e. The van der Waals surface area contributed by atoms with Crippen LogP contribution in [0, 0.1) is 0 Å². The minimum absolute atomic E-state index is 0.178. The molecule has 1 atom stereocenters. The molecule has 0 aliphatic carbocycles. The van der Waals surface area contributed by atoms with Crippen LogP contribution in [0.15, 0.2) is 59.2 Å². The summed E-state index contributed by atoms with van der Waals surface area (Å²) in [6, 6.07) is 15.1. The number of benzene rings is 2. The summed E-state index contributed by atoms with van der Waals surface area (Å²) in [7, 11) is 0. The van der Waals surface area contributed by atoms with E-state index in [1.807, 2.05) is 56.3 Å². The van der Waals surface area contributed by atoms with Crippen LogP contribution in [0.5, 0.6) is 5.75 Å². The molecular weight excluding hydrogens is 290 g/mol. The second-order valence-corrected chi connectivity index (χ2v) is 5.34. The molecular formula is C19H19NO3. The molecule has 0 spiro atoms. The molecule has 0 bridgehead atoms. The lowest BCUT2D eigenvalue weighted by Crippen LogP contribution is -2.26. The van der Waals surface area contributed by atoms with Crippen LogP contribution >= 0.6 is 0 Å². The highest BCUT2D eigenvalue weighted by Gasteiger charge is 2.18. The second kappa shape index (κ2) is 6.57. The molecule has 4 nitrogen and oxygen atoms in total. The van der Waals surface area contributed by atoms with Gasteiger partial charge in [0.15, 0.2) is 0 Å². The fraction of sp³-hybridized carbons (Fsp3) is 0.211. The van der Waals surface area contributed by atoms with Gasteiger partial charge in [0.2, 0.25) is 0 Å². The number of hydrogen-bond donors (Lipinski definition) is 1. The van der Waals surface area contributed by atoms with E-state index < -0.39 is 0 Å². The number of amides is 1. The average molecular weight is 309 g/mol. The lowest BCUT2D eigenvalue weighted by atomic mass is 10.0. The number of furan rings is 1. The maximum atomic E-state index is 12.7. The first-order chi connectivity index (χ1) is 11.2. The SMILES string of the molecule is CCOc1cc2ccccc2cc1C(=O)NC(C)c1ccco1. The zero-order valence-corrected chi connectivity index (χ0v) is 13.2. The highest BCUT2D eigenvalue weighted by Crippen LogP contribution is 2.27. The van der Waals surface area contributed by atoms with Gasteiger partial charge in [-0.25, -0.2) is 0 Å². The number of rotatable bonds is 5. The van der Waals surface area contributed by atoms with Crippen molar-refractivity contribution in [3.8, 4) is 5.75 Å². The van der Waals surface area contributed by atoms with E-state index >= 15 is 0 Å². The Morgan fingerprint density at radius 2 is 1.91 bits per heavy atom. The van der Waals surface area contributed by atoms with Crippen molar-refractivity contribution in [3.63, 3.8) is 0 Å². The Hall–Kier alpha value is -2.75. The summed E-state index contributed by atoms with van der Waals surface area (Å²) in [6.45, 7) is 4.30. The molecule has 1 N–H and O–H groups in total. The Bertz CT molecular complexity index is 809. The van der Waals surface area contributed by atoms with Crippen LogP contribution in [0.25, 0.3) is 10.8 Å². The molecule has 0 aliphatic rings. The van der Waals surface area contributed by atoms with Crippen LogP contribution < -0.4 is 10.1 Å². The van der Waals surface area contributed by atoms with E-state index in [0.717, 1.165) is 16.5 Å². The van der Waals surface area contributed by atoms with Crippen LogP contribution in [0.2, 0.25) is 0 Å². The quantitative estimate of drug-likeness (QED) is 0.763. The first-order valence-corrected chi connectivity index (χ1v) is 7.69. The third kappa shape index (κ3) is 3.21. The van der Waals surface area contributed by atoms with Crippen LogP contribution in [-0.2, 0) is 0 Å². The summed E-state index contributed by atoms with van der Waals surface area (Å²) in [6.07, 6.45) is 1.60. The van der Waals surface area contributed by atoms with Crippen molar-refractivity contribution in [3.05, 3.63) is 66.1 Å². The predicted molar refractivity (Wildman–Crippen MR) is 89.7 cm³/mol. The molecule has 1 aromatic heterocycles. The molecule has 2 aromatic carbocycles. The van der Waals surface area contributed by atoms with Gasteiger partial charge in [-0.05, 0) is 48.9 Å². The van der Waals surface area contributed by atoms with Gasteiger partial charge in [-0.15, -0.1) is 0 Å². The van der Waals surface area contributed by atoms with Crippen molar-refractivity contribution >= 4 is 16.7 Å². The Morgan fingerprint density at radius 1 is 1.17 bits per heavy atom. The van der Waals surface area contributed by atoms with Gasteiger partial charge in [0, 0.05) is 0 Å². The van der Waals surface area contributed by atoms with Gasteiger partial charge in [0.05, 0.1) is 24.5 Å². The van der Waals surface area contributed by atoms with E-state index in [2.05, 4.69) is 5.32 Å². The molecule has 3 aromatic rings. The van der Waals surface area contributed by atoms with E-state index in [4.69, 9.17) is 9.15 Å². The summed E-state index contributed by atoms with van der Waals surface area (Å²) in [5.41, 5.74) is 0.531. The van der Waals surface area contributed by atoms with Crippen molar-refractivity contribution in [1.29, 1.82) is 0 Å². The minimum atomic E-state index is -0.210. The Labute approximate surface area is 135 Å².